The maximum Gasteiger partial charge on any atom is 0.0960 e. The van der Waals surface area contributed by atoms with Crippen LogP contribution in [-0.2, 0) is 6.54 Å². The molecule has 5 nitrogen and oxygen atoms in total. The first kappa shape index (κ1) is 13.0. The molecule has 1 aromatic heterocycles. The molecule has 0 fully saturated rings. The van der Waals surface area contributed by atoms with Gasteiger partial charge in [-0.25, -0.2) is 4.68 Å². The molecule has 3 aromatic rings. The molecule has 0 unspecified atom stereocenters. The van der Waals surface area contributed by atoms with E-state index in [9.17, 15) is 0 Å². The quantitative estimate of drug-likeness (QED) is 0.396. The predicted octanol–water partition coefficient (Wildman–Crippen LogP) is 4.35. The van der Waals surface area contributed by atoms with E-state index >= 15 is 0 Å². The normalized spacial score (nSPS) is 10.1. The summed E-state index contributed by atoms with van der Waals surface area (Å²) in [4.78, 5) is 2.84. The smallest absolute Gasteiger partial charge is 0.0960 e. The first-order chi connectivity index (χ1) is 10.4. The van der Waals surface area contributed by atoms with E-state index in [0.29, 0.717) is 0 Å². The third-order valence-electron chi connectivity index (χ3n) is 3.16. The molecular weight excluding hydrogens is 262 g/mol. The number of nitrogens with zero attached hydrogens (tertiary/aromatic N) is 5. The van der Waals surface area contributed by atoms with Gasteiger partial charge in [0.05, 0.1) is 17.9 Å². The summed E-state index contributed by atoms with van der Waals surface area (Å²) in [6, 6.07) is 19.8. The van der Waals surface area contributed by atoms with E-state index in [1.807, 2.05) is 71.5 Å². The van der Waals surface area contributed by atoms with Crippen LogP contribution in [0.2, 0.25) is 0 Å². The summed E-state index contributed by atoms with van der Waals surface area (Å²) in [5, 5.41) is 8.30. The monoisotopic (exact) mass is 275 g/mol. The zero-order chi connectivity index (χ0) is 14.5. The highest BCUT2D eigenvalue weighted by Gasteiger charge is 2.11. The molecule has 1 heterocycles. The average Bonchev–Trinajstić information content (AvgIpc) is 2.99. The Balaban J connectivity index is 2.09. The lowest BCUT2D eigenvalue weighted by molar-refractivity contribution is 0.883. The molecule has 0 saturated carbocycles. The minimum absolute atomic E-state index is 0.285. The number of azide groups is 1. The number of para-hydroxylation sites is 1. The Bertz CT molecular complexity index is 771. The Kier molecular flexibility index (Phi) is 3.67. The van der Waals surface area contributed by atoms with E-state index in [1.54, 1.807) is 0 Å². The van der Waals surface area contributed by atoms with Crippen LogP contribution >= 0.6 is 0 Å². The van der Waals surface area contributed by atoms with Gasteiger partial charge in [0.25, 0.3) is 0 Å². The van der Waals surface area contributed by atoms with Crippen molar-refractivity contribution < 1.29 is 0 Å². The van der Waals surface area contributed by atoms with Gasteiger partial charge in [-0.15, -0.1) is 0 Å². The topological polar surface area (TPSA) is 66.6 Å². The number of benzene rings is 2. The van der Waals surface area contributed by atoms with Crippen molar-refractivity contribution in [2.75, 3.05) is 0 Å². The van der Waals surface area contributed by atoms with Gasteiger partial charge < -0.3 is 0 Å². The van der Waals surface area contributed by atoms with Gasteiger partial charge in [-0.3, -0.25) is 0 Å². The lowest BCUT2D eigenvalue weighted by atomic mass is 10.1. The molecule has 0 spiro atoms. The van der Waals surface area contributed by atoms with Crippen LogP contribution in [-0.4, -0.2) is 9.78 Å². The van der Waals surface area contributed by atoms with E-state index in [1.165, 1.54) is 0 Å². The van der Waals surface area contributed by atoms with Crippen LogP contribution in [0.5, 0.6) is 0 Å². The van der Waals surface area contributed by atoms with Crippen LogP contribution in [0.3, 0.4) is 0 Å². The highest BCUT2D eigenvalue weighted by Crippen LogP contribution is 2.24. The maximum absolute atomic E-state index is 8.54. The summed E-state index contributed by atoms with van der Waals surface area (Å²) >= 11 is 0. The van der Waals surface area contributed by atoms with Crippen molar-refractivity contribution in [3.8, 4) is 16.9 Å². The maximum atomic E-state index is 8.54. The Morgan fingerprint density at radius 3 is 2.33 bits per heavy atom. The lowest BCUT2D eigenvalue weighted by Gasteiger charge is -2.00. The van der Waals surface area contributed by atoms with Gasteiger partial charge in [-0.05, 0) is 17.7 Å². The molecule has 0 radical (unpaired) electrons. The van der Waals surface area contributed by atoms with Crippen molar-refractivity contribution in [1.29, 1.82) is 0 Å². The summed E-state index contributed by atoms with van der Waals surface area (Å²) in [5.74, 6) is 0. The molecule has 3 rings (SSSR count). The highest BCUT2D eigenvalue weighted by molar-refractivity contribution is 5.63. The van der Waals surface area contributed by atoms with E-state index in [4.69, 9.17) is 5.53 Å². The molecule has 0 N–H and O–H groups in total. The van der Waals surface area contributed by atoms with Gasteiger partial charge >= 0.3 is 0 Å². The van der Waals surface area contributed by atoms with Gasteiger partial charge in [0.15, 0.2) is 0 Å². The molecule has 0 aliphatic heterocycles. The number of hydrogen-bond donors (Lipinski definition) is 0. The average molecular weight is 275 g/mol. The first-order valence-corrected chi connectivity index (χ1v) is 6.59. The first-order valence-electron chi connectivity index (χ1n) is 6.59. The number of rotatable bonds is 4. The zero-order valence-electron chi connectivity index (χ0n) is 11.3. The summed E-state index contributed by atoms with van der Waals surface area (Å²) in [5.41, 5.74) is 12.3. The van der Waals surface area contributed by atoms with Crippen molar-refractivity contribution in [2.24, 2.45) is 5.11 Å². The molecule has 0 saturated heterocycles. The second kappa shape index (κ2) is 5.94. The number of aromatic nitrogens is 2. The highest BCUT2D eigenvalue weighted by atomic mass is 15.3. The Morgan fingerprint density at radius 2 is 1.67 bits per heavy atom. The van der Waals surface area contributed by atoms with Gasteiger partial charge in [-0.2, -0.15) is 5.10 Å². The van der Waals surface area contributed by atoms with Crippen molar-refractivity contribution in [3.05, 3.63) is 82.9 Å². The molecule has 0 aliphatic carbocycles. The largest absolute Gasteiger partial charge is 0.240 e. The number of hydrogen-bond acceptors (Lipinski definition) is 2. The van der Waals surface area contributed by atoms with Crippen molar-refractivity contribution in [3.63, 3.8) is 0 Å². The molecule has 0 atom stereocenters. The third kappa shape index (κ3) is 2.78. The molecule has 0 bridgehead atoms. The van der Waals surface area contributed by atoms with E-state index < -0.39 is 0 Å². The van der Waals surface area contributed by atoms with Crippen LogP contribution in [0.15, 0.2) is 72.0 Å². The molecule has 0 aliphatic rings. The SMILES string of the molecule is [N-]=[N+]=NCc1cn(-c2ccccc2)nc1-c1ccccc1. The fraction of sp³-hybridized carbons (Fsp3) is 0.0625. The molecule has 2 aromatic carbocycles. The summed E-state index contributed by atoms with van der Waals surface area (Å²) in [7, 11) is 0. The van der Waals surface area contributed by atoms with Crippen LogP contribution < -0.4 is 0 Å². The minimum atomic E-state index is 0.285. The fourth-order valence-corrected chi connectivity index (χ4v) is 2.19. The summed E-state index contributed by atoms with van der Waals surface area (Å²) < 4.78 is 1.81. The van der Waals surface area contributed by atoms with Crippen LogP contribution in [0.1, 0.15) is 5.56 Å². The van der Waals surface area contributed by atoms with E-state index in [0.717, 1.165) is 22.5 Å². The van der Waals surface area contributed by atoms with Crippen LogP contribution in [0, 0.1) is 0 Å². The van der Waals surface area contributed by atoms with E-state index in [2.05, 4.69) is 15.1 Å². The lowest BCUT2D eigenvalue weighted by Crippen LogP contribution is -1.93. The van der Waals surface area contributed by atoms with Crippen molar-refractivity contribution >= 4 is 0 Å². The molecule has 21 heavy (non-hydrogen) atoms. The van der Waals surface area contributed by atoms with Gasteiger partial charge in [0, 0.05) is 22.2 Å². The van der Waals surface area contributed by atoms with Gasteiger partial charge in [0.2, 0.25) is 0 Å². The molecular formula is C16H13N5. The Labute approximate surface area is 122 Å². The second-order valence-corrected chi connectivity index (χ2v) is 4.54. The predicted molar refractivity (Wildman–Crippen MR) is 81.9 cm³/mol. The molecule has 0 amide bonds. The fourth-order valence-electron chi connectivity index (χ4n) is 2.19. The Morgan fingerprint density at radius 1 is 1.00 bits per heavy atom. The Hall–Kier alpha value is -3.04. The summed E-state index contributed by atoms with van der Waals surface area (Å²) in [6.45, 7) is 0.285. The van der Waals surface area contributed by atoms with Crippen LogP contribution in [0.4, 0.5) is 0 Å². The summed E-state index contributed by atoms with van der Waals surface area (Å²) in [6.07, 6.45) is 1.91. The molecule has 5 heteroatoms. The minimum Gasteiger partial charge on any atom is -0.240 e. The third-order valence-corrected chi connectivity index (χ3v) is 3.16. The van der Waals surface area contributed by atoms with E-state index in [-0.39, 0.29) is 6.54 Å². The zero-order valence-corrected chi connectivity index (χ0v) is 11.3. The van der Waals surface area contributed by atoms with Crippen LogP contribution in [0.25, 0.3) is 27.4 Å². The standard InChI is InChI=1S/C16H13N5/c17-20-18-11-14-12-21(15-9-5-2-6-10-15)19-16(14)13-7-3-1-4-8-13/h1-10,12H,11H2. The van der Waals surface area contributed by atoms with Crippen molar-refractivity contribution in [1.82, 2.24) is 9.78 Å². The van der Waals surface area contributed by atoms with Gasteiger partial charge in [0.1, 0.15) is 0 Å². The second-order valence-electron chi connectivity index (χ2n) is 4.54. The van der Waals surface area contributed by atoms with Crippen molar-refractivity contribution in [2.45, 2.75) is 6.54 Å². The molecule has 102 valence electrons. The van der Waals surface area contributed by atoms with Gasteiger partial charge in [-0.1, -0.05) is 53.6 Å².